The van der Waals surface area contributed by atoms with Gasteiger partial charge >= 0.3 is 0 Å². The monoisotopic (exact) mass is 435 g/mol. The second-order valence-corrected chi connectivity index (χ2v) is 7.90. The highest BCUT2D eigenvalue weighted by atomic mass is 32.2. The number of anilines is 1. The van der Waals surface area contributed by atoms with Crippen molar-refractivity contribution in [2.45, 2.75) is 31.6 Å². The highest BCUT2D eigenvalue weighted by molar-refractivity contribution is 7.99. The molecule has 0 radical (unpaired) electrons. The van der Waals surface area contributed by atoms with E-state index in [0.29, 0.717) is 23.1 Å². The number of aromatic nitrogens is 3. The number of rotatable bonds is 9. The predicted octanol–water partition coefficient (Wildman–Crippen LogP) is 3.99. The fourth-order valence-electron chi connectivity index (χ4n) is 3.04. The molecule has 0 bridgehead atoms. The van der Waals surface area contributed by atoms with Crippen LogP contribution in [0.5, 0.6) is 0 Å². The number of para-hydroxylation sites is 1. The number of aryl methyl sites for hydroxylation is 1. The van der Waals surface area contributed by atoms with Crippen LogP contribution in [-0.2, 0) is 11.3 Å². The van der Waals surface area contributed by atoms with Gasteiger partial charge in [-0.05, 0) is 37.6 Å². The van der Waals surface area contributed by atoms with E-state index in [-0.39, 0.29) is 23.6 Å². The minimum absolute atomic E-state index is 0.133. The van der Waals surface area contributed by atoms with Crippen LogP contribution in [0.2, 0.25) is 0 Å². The number of nitrogens with zero attached hydrogens (tertiary/aromatic N) is 3. The largest absolute Gasteiger partial charge is 0.342 e. The van der Waals surface area contributed by atoms with Gasteiger partial charge in [-0.15, -0.1) is 16.8 Å². The molecule has 2 aromatic carbocycles. The average Bonchev–Trinajstić information content (AvgIpc) is 3.16. The summed E-state index contributed by atoms with van der Waals surface area (Å²) < 4.78 is 1.86. The van der Waals surface area contributed by atoms with Crippen molar-refractivity contribution >= 4 is 29.3 Å². The van der Waals surface area contributed by atoms with Gasteiger partial charge in [-0.25, -0.2) is 0 Å². The number of hydrogen-bond donors (Lipinski definition) is 2. The maximum atomic E-state index is 12.7. The molecule has 0 fully saturated rings. The zero-order valence-corrected chi connectivity index (χ0v) is 18.4. The number of hydrogen-bond acceptors (Lipinski definition) is 5. The molecular weight excluding hydrogens is 410 g/mol. The number of benzene rings is 2. The Hall–Kier alpha value is -3.39. The van der Waals surface area contributed by atoms with Gasteiger partial charge in [-0.3, -0.25) is 9.59 Å². The molecule has 0 saturated carbocycles. The second-order valence-electron chi connectivity index (χ2n) is 6.95. The molecule has 0 aliphatic rings. The van der Waals surface area contributed by atoms with E-state index in [1.165, 1.54) is 11.8 Å². The number of carbonyl (C=O) groups excluding carboxylic acids is 2. The van der Waals surface area contributed by atoms with Crippen molar-refractivity contribution < 1.29 is 9.59 Å². The molecule has 1 aromatic heterocycles. The highest BCUT2D eigenvalue weighted by Gasteiger charge is 2.21. The van der Waals surface area contributed by atoms with Crippen molar-refractivity contribution in [2.24, 2.45) is 0 Å². The Bertz CT molecular complexity index is 1060. The summed E-state index contributed by atoms with van der Waals surface area (Å²) >= 11 is 1.29. The first-order valence-corrected chi connectivity index (χ1v) is 10.9. The number of amides is 2. The van der Waals surface area contributed by atoms with E-state index in [0.717, 1.165) is 11.3 Å². The van der Waals surface area contributed by atoms with Gasteiger partial charge in [-0.1, -0.05) is 54.2 Å². The summed E-state index contributed by atoms with van der Waals surface area (Å²) in [6.45, 7) is 8.02. The molecule has 1 atom stereocenters. The highest BCUT2D eigenvalue weighted by Crippen LogP contribution is 2.21. The Morgan fingerprint density at radius 1 is 1.13 bits per heavy atom. The van der Waals surface area contributed by atoms with E-state index in [1.807, 2.05) is 66.9 Å². The first-order chi connectivity index (χ1) is 15.0. The topological polar surface area (TPSA) is 88.9 Å². The standard InChI is InChI=1S/C23H25N5O2S/c1-4-14-28-21(17(3)24-22(30)19-13-9-8-10-16(19)2)26-27-23(28)31-15-20(29)25-18-11-6-5-7-12-18/h4-13,17H,1,14-15H2,2-3H3,(H,24,30)(H,25,29). The number of thioether (sulfide) groups is 1. The molecule has 0 spiro atoms. The summed E-state index contributed by atoms with van der Waals surface area (Å²) in [5, 5.41) is 14.9. The van der Waals surface area contributed by atoms with Gasteiger partial charge in [-0.2, -0.15) is 0 Å². The van der Waals surface area contributed by atoms with Crippen LogP contribution in [0.3, 0.4) is 0 Å². The molecule has 1 unspecified atom stereocenters. The Morgan fingerprint density at radius 3 is 2.55 bits per heavy atom. The number of nitrogens with one attached hydrogen (secondary N) is 2. The number of carbonyl (C=O) groups is 2. The minimum Gasteiger partial charge on any atom is -0.342 e. The van der Waals surface area contributed by atoms with Crippen LogP contribution in [0, 0.1) is 6.92 Å². The third-order valence-electron chi connectivity index (χ3n) is 4.57. The van der Waals surface area contributed by atoms with Crippen molar-refractivity contribution in [1.82, 2.24) is 20.1 Å². The van der Waals surface area contributed by atoms with Crippen LogP contribution in [0.1, 0.15) is 34.7 Å². The van der Waals surface area contributed by atoms with Gasteiger partial charge in [0.15, 0.2) is 11.0 Å². The van der Waals surface area contributed by atoms with Gasteiger partial charge in [0.1, 0.15) is 0 Å². The van der Waals surface area contributed by atoms with E-state index in [4.69, 9.17) is 0 Å². The molecule has 2 N–H and O–H groups in total. The fraction of sp³-hybridized carbons (Fsp3) is 0.217. The van der Waals surface area contributed by atoms with E-state index in [9.17, 15) is 9.59 Å². The third kappa shape index (κ3) is 5.82. The molecule has 0 aliphatic carbocycles. The molecule has 0 saturated heterocycles. The van der Waals surface area contributed by atoms with Crippen LogP contribution in [0.4, 0.5) is 5.69 Å². The van der Waals surface area contributed by atoms with Crippen LogP contribution in [0.15, 0.2) is 72.4 Å². The zero-order valence-electron chi connectivity index (χ0n) is 17.5. The van der Waals surface area contributed by atoms with E-state index in [2.05, 4.69) is 27.4 Å². The van der Waals surface area contributed by atoms with Crippen LogP contribution >= 0.6 is 11.8 Å². The van der Waals surface area contributed by atoms with Crippen molar-refractivity contribution in [1.29, 1.82) is 0 Å². The van der Waals surface area contributed by atoms with Crippen molar-refractivity contribution in [3.05, 3.63) is 84.2 Å². The van der Waals surface area contributed by atoms with Gasteiger partial charge in [0.2, 0.25) is 5.91 Å². The molecule has 31 heavy (non-hydrogen) atoms. The molecule has 160 valence electrons. The SMILES string of the molecule is C=CCn1c(SCC(=O)Nc2ccccc2)nnc1C(C)NC(=O)c1ccccc1C. The van der Waals surface area contributed by atoms with Gasteiger partial charge in [0.05, 0.1) is 11.8 Å². The lowest BCUT2D eigenvalue weighted by Crippen LogP contribution is -2.29. The summed E-state index contributed by atoms with van der Waals surface area (Å²) in [6.07, 6.45) is 1.73. The van der Waals surface area contributed by atoms with E-state index < -0.39 is 0 Å². The lowest BCUT2D eigenvalue weighted by molar-refractivity contribution is -0.113. The lowest BCUT2D eigenvalue weighted by Gasteiger charge is -2.16. The second kappa shape index (κ2) is 10.6. The average molecular weight is 436 g/mol. The molecular formula is C23H25N5O2S. The van der Waals surface area contributed by atoms with Crippen LogP contribution < -0.4 is 10.6 Å². The minimum atomic E-state index is -0.368. The predicted molar refractivity (Wildman–Crippen MR) is 123 cm³/mol. The number of allylic oxidation sites excluding steroid dienone is 1. The maximum absolute atomic E-state index is 12.7. The Labute approximate surface area is 186 Å². The Morgan fingerprint density at radius 2 is 1.84 bits per heavy atom. The molecule has 2 amide bonds. The van der Waals surface area contributed by atoms with E-state index in [1.54, 1.807) is 12.1 Å². The quantitative estimate of drug-likeness (QED) is 0.392. The van der Waals surface area contributed by atoms with Crippen molar-refractivity contribution in [2.75, 3.05) is 11.1 Å². The van der Waals surface area contributed by atoms with Crippen molar-refractivity contribution in [3.8, 4) is 0 Å². The van der Waals surface area contributed by atoms with Crippen molar-refractivity contribution in [3.63, 3.8) is 0 Å². The first kappa shape index (κ1) is 22.3. The Balaban J connectivity index is 1.67. The van der Waals surface area contributed by atoms with Crippen LogP contribution in [0.25, 0.3) is 0 Å². The zero-order chi connectivity index (χ0) is 22.2. The molecule has 8 heteroatoms. The van der Waals surface area contributed by atoms with Crippen LogP contribution in [-0.4, -0.2) is 32.3 Å². The summed E-state index contributed by atoms with van der Waals surface area (Å²) in [5.74, 6) is 0.489. The molecule has 0 aliphatic heterocycles. The molecule has 7 nitrogen and oxygen atoms in total. The smallest absolute Gasteiger partial charge is 0.252 e. The summed E-state index contributed by atoms with van der Waals surface area (Å²) in [6, 6.07) is 16.3. The van der Waals surface area contributed by atoms with Gasteiger partial charge in [0.25, 0.3) is 5.91 Å². The lowest BCUT2D eigenvalue weighted by atomic mass is 10.1. The molecule has 1 heterocycles. The van der Waals surface area contributed by atoms with E-state index >= 15 is 0 Å². The van der Waals surface area contributed by atoms with Gasteiger partial charge < -0.3 is 15.2 Å². The normalized spacial score (nSPS) is 11.5. The third-order valence-corrected chi connectivity index (χ3v) is 5.54. The summed E-state index contributed by atoms with van der Waals surface area (Å²) in [5.41, 5.74) is 2.27. The molecule has 3 aromatic rings. The fourth-order valence-corrected chi connectivity index (χ4v) is 3.80. The summed E-state index contributed by atoms with van der Waals surface area (Å²) in [7, 11) is 0. The molecule has 3 rings (SSSR count). The first-order valence-electron chi connectivity index (χ1n) is 9.87. The maximum Gasteiger partial charge on any atom is 0.252 e. The summed E-state index contributed by atoms with van der Waals surface area (Å²) in [4.78, 5) is 24.9. The van der Waals surface area contributed by atoms with Gasteiger partial charge in [0, 0.05) is 17.8 Å². The Kier molecular flexibility index (Phi) is 7.61.